The summed E-state index contributed by atoms with van der Waals surface area (Å²) in [6.07, 6.45) is 3.88. The van der Waals surface area contributed by atoms with E-state index in [9.17, 15) is 14.0 Å². The third kappa shape index (κ3) is 4.35. The molecule has 1 atom stereocenters. The Balaban J connectivity index is 1.51. The summed E-state index contributed by atoms with van der Waals surface area (Å²) < 4.78 is 14.9. The Kier molecular flexibility index (Phi) is 5.31. The average Bonchev–Trinajstić information content (AvgIpc) is 3.06. The second-order valence-corrected chi connectivity index (χ2v) is 6.76. The zero-order valence-corrected chi connectivity index (χ0v) is 14.5. The molecule has 0 saturated carbocycles. The third-order valence-electron chi connectivity index (χ3n) is 4.85. The Hall–Kier alpha value is -2.43. The molecule has 4 nitrogen and oxygen atoms in total. The molecule has 3 rings (SSSR count). The van der Waals surface area contributed by atoms with E-state index in [0.717, 1.165) is 31.5 Å². The highest BCUT2D eigenvalue weighted by atomic mass is 19.1. The number of hydrogen-bond acceptors (Lipinski definition) is 2. The van der Waals surface area contributed by atoms with Gasteiger partial charge in [-0.15, -0.1) is 0 Å². The Bertz CT molecular complexity index is 815. The van der Waals surface area contributed by atoms with Crippen LogP contribution in [0.25, 0.3) is 0 Å². The van der Waals surface area contributed by atoms with Crippen LogP contribution in [0.4, 0.5) is 4.39 Å². The van der Waals surface area contributed by atoms with Crippen molar-refractivity contribution in [2.75, 3.05) is 13.1 Å². The smallest absolute Gasteiger partial charge is 0.250 e. The van der Waals surface area contributed by atoms with Crippen LogP contribution in [0, 0.1) is 18.7 Å². The van der Waals surface area contributed by atoms with Gasteiger partial charge in [0.15, 0.2) is 0 Å². The number of carbonyl (C=O) groups is 1. The summed E-state index contributed by atoms with van der Waals surface area (Å²) in [5.41, 5.74) is 1.70. The van der Waals surface area contributed by atoms with Crippen molar-refractivity contribution in [1.29, 1.82) is 0 Å². The molecular formula is C20H23FN2O2. The number of amides is 1. The fourth-order valence-electron chi connectivity index (χ4n) is 3.41. The number of rotatable bonds is 5. The third-order valence-corrected chi connectivity index (χ3v) is 4.85. The first-order chi connectivity index (χ1) is 12.0. The molecule has 0 bridgehead atoms. The molecule has 132 valence electrons. The molecule has 1 saturated heterocycles. The summed E-state index contributed by atoms with van der Waals surface area (Å²) in [4.78, 5) is 25.9. The highest BCUT2D eigenvalue weighted by molar-refractivity contribution is 5.76. The van der Waals surface area contributed by atoms with E-state index in [1.54, 1.807) is 29.8 Å². The van der Waals surface area contributed by atoms with Gasteiger partial charge in [0.1, 0.15) is 5.82 Å². The maximum absolute atomic E-state index is 13.4. The van der Waals surface area contributed by atoms with Gasteiger partial charge in [-0.1, -0.05) is 18.2 Å². The topological polar surface area (TPSA) is 42.3 Å². The lowest BCUT2D eigenvalue weighted by Gasteiger charge is -2.17. The van der Waals surface area contributed by atoms with Crippen molar-refractivity contribution in [1.82, 2.24) is 9.47 Å². The molecule has 1 fully saturated rings. The van der Waals surface area contributed by atoms with Crippen LogP contribution in [0.3, 0.4) is 0 Å². The first-order valence-electron chi connectivity index (χ1n) is 8.71. The van der Waals surface area contributed by atoms with E-state index in [4.69, 9.17) is 0 Å². The van der Waals surface area contributed by atoms with Gasteiger partial charge >= 0.3 is 0 Å². The highest BCUT2D eigenvalue weighted by Gasteiger charge is 2.26. The lowest BCUT2D eigenvalue weighted by Crippen LogP contribution is -2.30. The first-order valence-corrected chi connectivity index (χ1v) is 8.71. The van der Waals surface area contributed by atoms with Gasteiger partial charge in [0.2, 0.25) is 5.91 Å². The quantitative estimate of drug-likeness (QED) is 0.838. The van der Waals surface area contributed by atoms with Crippen LogP contribution in [0.1, 0.15) is 24.0 Å². The zero-order valence-electron chi connectivity index (χ0n) is 14.5. The van der Waals surface area contributed by atoms with E-state index in [-0.39, 0.29) is 17.3 Å². The van der Waals surface area contributed by atoms with Gasteiger partial charge in [-0.2, -0.15) is 0 Å². The maximum atomic E-state index is 13.4. The molecule has 0 aliphatic carbocycles. The lowest BCUT2D eigenvalue weighted by molar-refractivity contribution is -0.130. The van der Waals surface area contributed by atoms with Crippen LogP contribution in [0.5, 0.6) is 0 Å². The van der Waals surface area contributed by atoms with Gasteiger partial charge in [0, 0.05) is 38.3 Å². The van der Waals surface area contributed by atoms with Crippen molar-refractivity contribution in [3.05, 3.63) is 69.9 Å². The minimum Gasteiger partial charge on any atom is -0.342 e. The van der Waals surface area contributed by atoms with Crippen LogP contribution in [-0.4, -0.2) is 28.5 Å². The number of carbonyl (C=O) groups excluding carboxylic acids is 1. The van der Waals surface area contributed by atoms with Gasteiger partial charge in [-0.3, -0.25) is 9.59 Å². The molecule has 1 aliphatic rings. The van der Waals surface area contributed by atoms with Gasteiger partial charge in [-0.25, -0.2) is 4.39 Å². The van der Waals surface area contributed by atoms with Crippen LogP contribution >= 0.6 is 0 Å². The molecular weight excluding hydrogens is 319 g/mol. The molecule has 1 aromatic carbocycles. The molecule has 0 spiro atoms. The zero-order chi connectivity index (χ0) is 17.8. The number of pyridine rings is 1. The molecule has 5 heteroatoms. The van der Waals surface area contributed by atoms with Crippen molar-refractivity contribution in [2.45, 2.75) is 32.7 Å². The molecule has 1 amide bonds. The number of halogens is 1. The molecule has 0 N–H and O–H groups in total. The van der Waals surface area contributed by atoms with E-state index in [1.165, 1.54) is 12.1 Å². The average molecular weight is 342 g/mol. The van der Waals surface area contributed by atoms with E-state index in [2.05, 4.69) is 0 Å². The summed E-state index contributed by atoms with van der Waals surface area (Å²) in [6.45, 7) is 3.68. The summed E-state index contributed by atoms with van der Waals surface area (Å²) in [5.74, 6) is 0.324. The summed E-state index contributed by atoms with van der Waals surface area (Å²) in [6, 6.07) is 10.2. The van der Waals surface area contributed by atoms with Crippen LogP contribution in [0.2, 0.25) is 0 Å². The van der Waals surface area contributed by atoms with E-state index in [0.29, 0.717) is 24.4 Å². The minimum absolute atomic E-state index is 0.0821. The molecule has 25 heavy (non-hydrogen) atoms. The van der Waals surface area contributed by atoms with Crippen LogP contribution in [0.15, 0.2) is 47.4 Å². The Morgan fingerprint density at radius 1 is 1.28 bits per heavy atom. The Morgan fingerprint density at radius 2 is 2.12 bits per heavy atom. The Labute approximate surface area is 146 Å². The highest BCUT2D eigenvalue weighted by Crippen LogP contribution is 2.22. The monoisotopic (exact) mass is 342 g/mol. The lowest BCUT2D eigenvalue weighted by atomic mass is 9.97. The van der Waals surface area contributed by atoms with Gasteiger partial charge < -0.3 is 9.47 Å². The SMILES string of the molecule is Cc1cc(CC2CCN(C(=O)CCn3ccccc3=O)C2)ccc1F. The second kappa shape index (κ2) is 7.64. The van der Waals surface area contributed by atoms with Crippen LogP contribution < -0.4 is 5.56 Å². The Morgan fingerprint density at radius 3 is 2.88 bits per heavy atom. The number of likely N-dealkylation sites (tertiary alicyclic amines) is 1. The van der Waals surface area contributed by atoms with Crippen LogP contribution in [-0.2, 0) is 17.8 Å². The van der Waals surface area contributed by atoms with E-state index in [1.807, 2.05) is 17.0 Å². The largest absolute Gasteiger partial charge is 0.342 e. The molecule has 1 aromatic heterocycles. The predicted octanol–water partition coefficient (Wildman–Crippen LogP) is 2.78. The standard InChI is InChI=1S/C20H23FN2O2/c1-15-12-16(5-6-18(15)21)13-17-7-10-23(14-17)20(25)8-11-22-9-3-2-4-19(22)24/h2-6,9,12,17H,7-8,10-11,13-14H2,1H3. The summed E-state index contributed by atoms with van der Waals surface area (Å²) in [7, 11) is 0. The summed E-state index contributed by atoms with van der Waals surface area (Å²) in [5, 5.41) is 0. The van der Waals surface area contributed by atoms with Gasteiger partial charge in [0.05, 0.1) is 0 Å². The second-order valence-electron chi connectivity index (χ2n) is 6.76. The fourth-order valence-corrected chi connectivity index (χ4v) is 3.41. The van der Waals surface area contributed by atoms with Crippen molar-refractivity contribution in [3.63, 3.8) is 0 Å². The normalized spacial score (nSPS) is 17.0. The van der Waals surface area contributed by atoms with Crippen molar-refractivity contribution >= 4 is 5.91 Å². The molecule has 1 aliphatic heterocycles. The number of aryl methyl sites for hydroxylation is 2. The van der Waals surface area contributed by atoms with Crippen molar-refractivity contribution < 1.29 is 9.18 Å². The number of benzene rings is 1. The molecule has 2 aromatic rings. The van der Waals surface area contributed by atoms with E-state index < -0.39 is 0 Å². The predicted molar refractivity (Wildman–Crippen MR) is 94.8 cm³/mol. The number of aromatic nitrogens is 1. The molecule has 2 heterocycles. The molecule has 1 unspecified atom stereocenters. The number of hydrogen-bond donors (Lipinski definition) is 0. The minimum atomic E-state index is -0.178. The van der Waals surface area contributed by atoms with Gasteiger partial charge in [0.25, 0.3) is 5.56 Å². The molecule has 0 radical (unpaired) electrons. The fraction of sp³-hybridized carbons (Fsp3) is 0.400. The summed E-state index contributed by atoms with van der Waals surface area (Å²) >= 11 is 0. The van der Waals surface area contributed by atoms with Crippen molar-refractivity contribution in [2.24, 2.45) is 5.92 Å². The van der Waals surface area contributed by atoms with E-state index >= 15 is 0 Å². The maximum Gasteiger partial charge on any atom is 0.250 e. The first kappa shape index (κ1) is 17.4. The number of nitrogens with zero attached hydrogens (tertiary/aromatic N) is 2. The van der Waals surface area contributed by atoms with Crippen molar-refractivity contribution in [3.8, 4) is 0 Å². The van der Waals surface area contributed by atoms with Gasteiger partial charge in [-0.05, 0) is 48.9 Å².